The van der Waals surface area contributed by atoms with E-state index < -0.39 is 0 Å². The molecule has 1 atom stereocenters. The summed E-state index contributed by atoms with van der Waals surface area (Å²) >= 11 is 0. The van der Waals surface area contributed by atoms with Crippen molar-refractivity contribution in [3.05, 3.63) is 36.0 Å². The summed E-state index contributed by atoms with van der Waals surface area (Å²) in [6, 6.07) is 7.96. The van der Waals surface area contributed by atoms with Crippen LogP contribution in [0.25, 0.3) is 0 Å². The number of nitrogens with zero attached hydrogens (tertiary/aromatic N) is 4. The minimum absolute atomic E-state index is 0.0813. The second kappa shape index (κ2) is 5.37. The molecule has 1 unspecified atom stereocenters. The zero-order chi connectivity index (χ0) is 16.0. The topological polar surface area (TPSA) is 62.5 Å². The van der Waals surface area contributed by atoms with Crippen molar-refractivity contribution in [3.8, 4) is 0 Å². The standard InChI is InChI=1S/C17H20N4O2/c1-11-9-21(10-15-18-16(23-19-15)12-7-8-12)14-6-4-3-5-13(14)20(2)17(11)22/h3-6,11-12H,7-10H2,1-2H3. The van der Waals surface area contributed by atoms with Crippen molar-refractivity contribution >= 4 is 17.3 Å². The highest BCUT2D eigenvalue weighted by Crippen LogP contribution is 2.39. The van der Waals surface area contributed by atoms with Gasteiger partial charge in [-0.2, -0.15) is 4.98 Å². The quantitative estimate of drug-likeness (QED) is 0.871. The Bertz CT molecular complexity index is 738. The summed E-state index contributed by atoms with van der Waals surface area (Å²) in [5.41, 5.74) is 1.96. The van der Waals surface area contributed by atoms with Crippen LogP contribution in [0, 0.1) is 5.92 Å². The summed E-state index contributed by atoms with van der Waals surface area (Å²) in [4.78, 5) is 20.9. The van der Waals surface area contributed by atoms with Crippen molar-refractivity contribution < 1.29 is 9.32 Å². The first-order valence-electron chi connectivity index (χ1n) is 8.07. The molecule has 6 nitrogen and oxygen atoms in total. The van der Waals surface area contributed by atoms with Crippen LogP contribution in [0.3, 0.4) is 0 Å². The number of aromatic nitrogens is 2. The summed E-state index contributed by atoms with van der Waals surface area (Å²) < 4.78 is 5.35. The number of benzene rings is 1. The van der Waals surface area contributed by atoms with Crippen LogP contribution in [0.15, 0.2) is 28.8 Å². The van der Waals surface area contributed by atoms with Gasteiger partial charge in [0.2, 0.25) is 11.8 Å². The zero-order valence-electron chi connectivity index (χ0n) is 13.4. The van der Waals surface area contributed by atoms with Gasteiger partial charge in [0.05, 0.1) is 23.8 Å². The van der Waals surface area contributed by atoms with Crippen LogP contribution >= 0.6 is 0 Å². The van der Waals surface area contributed by atoms with Crippen LogP contribution in [-0.2, 0) is 11.3 Å². The van der Waals surface area contributed by atoms with Gasteiger partial charge >= 0.3 is 0 Å². The zero-order valence-corrected chi connectivity index (χ0v) is 13.4. The predicted molar refractivity (Wildman–Crippen MR) is 86.3 cm³/mol. The maximum Gasteiger partial charge on any atom is 0.231 e. The Hall–Kier alpha value is -2.37. The van der Waals surface area contributed by atoms with Gasteiger partial charge in [0.1, 0.15) is 0 Å². The molecule has 0 spiro atoms. The number of carbonyl (C=O) groups is 1. The number of anilines is 2. The Morgan fingerprint density at radius 1 is 1.26 bits per heavy atom. The van der Waals surface area contributed by atoms with Crippen LogP contribution < -0.4 is 9.80 Å². The van der Waals surface area contributed by atoms with E-state index in [0.717, 1.165) is 30.1 Å². The minimum Gasteiger partial charge on any atom is -0.361 e. The van der Waals surface area contributed by atoms with Crippen LogP contribution in [0.5, 0.6) is 0 Å². The molecule has 4 rings (SSSR count). The molecule has 1 aromatic heterocycles. The summed E-state index contributed by atoms with van der Waals surface area (Å²) in [5, 5.41) is 4.11. The van der Waals surface area contributed by atoms with E-state index in [4.69, 9.17) is 4.52 Å². The molecular formula is C17H20N4O2. The first kappa shape index (κ1) is 14.2. The average molecular weight is 312 g/mol. The lowest BCUT2D eigenvalue weighted by Gasteiger charge is -2.24. The monoisotopic (exact) mass is 312 g/mol. The SMILES string of the molecule is CC1CN(Cc2noc(C3CC3)n2)c2ccccc2N(C)C1=O. The molecule has 1 aliphatic carbocycles. The largest absolute Gasteiger partial charge is 0.361 e. The number of amides is 1. The second-order valence-corrected chi connectivity index (χ2v) is 6.49. The predicted octanol–water partition coefficient (Wildman–Crippen LogP) is 2.57. The number of fused-ring (bicyclic) bond motifs is 1. The fourth-order valence-electron chi connectivity index (χ4n) is 3.12. The lowest BCUT2D eigenvalue weighted by Crippen LogP contribution is -2.34. The van der Waals surface area contributed by atoms with E-state index in [1.807, 2.05) is 38.2 Å². The molecule has 0 saturated heterocycles. The Labute approximate surface area is 135 Å². The molecule has 1 aliphatic heterocycles. The second-order valence-electron chi connectivity index (χ2n) is 6.49. The van der Waals surface area contributed by atoms with E-state index >= 15 is 0 Å². The highest BCUT2D eigenvalue weighted by Gasteiger charge is 2.32. The molecule has 120 valence electrons. The summed E-state index contributed by atoms with van der Waals surface area (Å²) in [7, 11) is 1.83. The van der Waals surface area contributed by atoms with E-state index in [2.05, 4.69) is 15.0 Å². The molecule has 1 aromatic carbocycles. The number of para-hydroxylation sites is 2. The van der Waals surface area contributed by atoms with Crippen LogP contribution in [0.2, 0.25) is 0 Å². The number of hydrogen-bond donors (Lipinski definition) is 0. The van der Waals surface area contributed by atoms with Crippen molar-refractivity contribution in [1.29, 1.82) is 0 Å². The maximum atomic E-state index is 12.5. The van der Waals surface area contributed by atoms with Gasteiger partial charge in [0.15, 0.2) is 5.82 Å². The van der Waals surface area contributed by atoms with Gasteiger partial charge in [-0.1, -0.05) is 24.2 Å². The molecule has 0 bridgehead atoms. The van der Waals surface area contributed by atoms with Crippen molar-refractivity contribution in [1.82, 2.24) is 10.1 Å². The lowest BCUT2D eigenvalue weighted by molar-refractivity contribution is -0.121. The Balaban J connectivity index is 1.65. The van der Waals surface area contributed by atoms with Crippen LogP contribution in [0.1, 0.15) is 37.4 Å². The van der Waals surface area contributed by atoms with Crippen molar-refractivity contribution in [2.45, 2.75) is 32.2 Å². The average Bonchev–Trinajstić information content (AvgIpc) is 3.33. The summed E-state index contributed by atoms with van der Waals surface area (Å²) in [6.07, 6.45) is 2.29. The molecule has 2 heterocycles. The van der Waals surface area contributed by atoms with E-state index in [-0.39, 0.29) is 11.8 Å². The first-order valence-corrected chi connectivity index (χ1v) is 8.07. The Morgan fingerprint density at radius 2 is 2.00 bits per heavy atom. The molecule has 6 heteroatoms. The first-order chi connectivity index (χ1) is 11.1. The number of rotatable bonds is 3. The molecule has 1 fully saturated rings. The third-order valence-electron chi connectivity index (χ3n) is 4.57. The van der Waals surface area contributed by atoms with Crippen molar-refractivity contribution in [3.63, 3.8) is 0 Å². The van der Waals surface area contributed by atoms with Crippen molar-refractivity contribution in [2.24, 2.45) is 5.92 Å². The normalized spacial score (nSPS) is 21.3. The molecule has 1 amide bonds. The molecule has 2 aliphatic rings. The van der Waals surface area contributed by atoms with Gasteiger partial charge < -0.3 is 14.3 Å². The third kappa shape index (κ3) is 2.58. The van der Waals surface area contributed by atoms with E-state index in [9.17, 15) is 4.79 Å². The number of hydrogen-bond acceptors (Lipinski definition) is 5. The Morgan fingerprint density at radius 3 is 2.74 bits per heavy atom. The van der Waals surface area contributed by atoms with Crippen LogP contribution in [-0.4, -0.2) is 29.6 Å². The smallest absolute Gasteiger partial charge is 0.231 e. The highest BCUT2D eigenvalue weighted by atomic mass is 16.5. The van der Waals surface area contributed by atoms with Gasteiger partial charge in [-0.3, -0.25) is 4.79 Å². The van der Waals surface area contributed by atoms with Gasteiger partial charge in [0.25, 0.3) is 0 Å². The molecule has 23 heavy (non-hydrogen) atoms. The third-order valence-corrected chi connectivity index (χ3v) is 4.57. The molecule has 1 saturated carbocycles. The maximum absolute atomic E-state index is 12.5. The highest BCUT2D eigenvalue weighted by molar-refractivity contribution is 5.99. The van der Waals surface area contributed by atoms with Gasteiger partial charge in [-0.25, -0.2) is 0 Å². The Kier molecular flexibility index (Phi) is 3.32. The van der Waals surface area contributed by atoms with E-state index in [1.54, 1.807) is 4.90 Å². The van der Waals surface area contributed by atoms with Crippen LogP contribution in [0.4, 0.5) is 11.4 Å². The lowest BCUT2D eigenvalue weighted by atomic mass is 10.1. The molecule has 2 aromatic rings. The fraction of sp³-hybridized carbons (Fsp3) is 0.471. The van der Waals surface area contributed by atoms with E-state index in [0.29, 0.717) is 24.8 Å². The fourth-order valence-corrected chi connectivity index (χ4v) is 3.12. The van der Waals surface area contributed by atoms with Gasteiger partial charge in [0, 0.05) is 19.5 Å². The molecular weight excluding hydrogens is 292 g/mol. The van der Waals surface area contributed by atoms with Crippen molar-refractivity contribution in [2.75, 3.05) is 23.4 Å². The summed E-state index contributed by atoms with van der Waals surface area (Å²) in [5.74, 6) is 1.95. The molecule has 0 N–H and O–H groups in total. The molecule has 0 radical (unpaired) electrons. The summed E-state index contributed by atoms with van der Waals surface area (Å²) in [6.45, 7) is 3.16. The van der Waals surface area contributed by atoms with Gasteiger partial charge in [-0.15, -0.1) is 0 Å². The minimum atomic E-state index is -0.0813. The van der Waals surface area contributed by atoms with Gasteiger partial charge in [-0.05, 0) is 25.0 Å². The number of carbonyl (C=O) groups excluding carboxylic acids is 1. The van der Waals surface area contributed by atoms with E-state index in [1.165, 1.54) is 0 Å².